The second-order valence-electron chi connectivity index (χ2n) is 13.0. The minimum absolute atomic E-state index is 0. The highest BCUT2D eigenvalue weighted by Crippen LogP contribution is 2.25. The van der Waals surface area contributed by atoms with Crippen molar-refractivity contribution >= 4 is 28.6 Å². The molecule has 0 radical (unpaired) electrons. The molecule has 0 amide bonds. The molecule has 5 heteroatoms. The quantitative estimate of drug-likeness (QED) is 0.0987. The highest BCUT2D eigenvalue weighted by atomic mass is 79.9. The Morgan fingerprint density at radius 3 is 1.70 bits per heavy atom. The maximum atomic E-state index is 2.66. The van der Waals surface area contributed by atoms with Gasteiger partial charge in [0.05, 0.1) is 21.1 Å². The molecule has 0 saturated carbocycles. The fourth-order valence-corrected chi connectivity index (χ4v) is 5.42. The molecule has 0 aliphatic rings. The fourth-order valence-electron chi connectivity index (χ4n) is 5.42. The van der Waals surface area contributed by atoms with Crippen molar-refractivity contribution in [2.45, 2.75) is 97.4 Å². The topological polar surface area (TPSA) is 7.12 Å². The molecule has 1 aromatic heterocycles. The number of hydrogen-bond donors (Lipinski definition) is 0. The molecule has 240 valence electrons. The van der Waals surface area contributed by atoms with Crippen molar-refractivity contribution in [3.8, 4) is 0 Å². The maximum absolute atomic E-state index is 2.66. The lowest BCUT2D eigenvalue weighted by atomic mass is 10.0. The third-order valence-corrected chi connectivity index (χ3v) is 8.19. The van der Waals surface area contributed by atoms with Gasteiger partial charge in [0, 0.05) is 30.9 Å². The van der Waals surface area contributed by atoms with Gasteiger partial charge in [-0.15, -0.1) is 0 Å². The molecule has 0 spiro atoms. The molecule has 0 fully saturated rings. The minimum Gasteiger partial charge on any atom is -1.00 e. The number of halogens is 2. The summed E-state index contributed by atoms with van der Waals surface area (Å²) in [4.78, 5) is 2.66. The Bertz CT molecular complexity index is 1150. The Balaban J connectivity index is 0.00000462. The van der Waals surface area contributed by atoms with Gasteiger partial charge < -0.3 is 43.3 Å². The van der Waals surface area contributed by atoms with Crippen molar-refractivity contribution in [3.63, 3.8) is 0 Å². The number of nitrogens with zero attached hydrogens (tertiary/aromatic N) is 3. The van der Waals surface area contributed by atoms with Crippen LogP contribution in [0, 0.1) is 0 Å². The highest BCUT2D eigenvalue weighted by molar-refractivity contribution is 5.88. The molecule has 3 aromatic rings. The van der Waals surface area contributed by atoms with Crippen LogP contribution in [0.4, 0.5) is 5.69 Å². The van der Waals surface area contributed by atoms with E-state index in [1.807, 2.05) is 0 Å². The van der Waals surface area contributed by atoms with Gasteiger partial charge in [-0.05, 0) is 52.9 Å². The van der Waals surface area contributed by atoms with E-state index in [1.165, 1.54) is 118 Å². The lowest BCUT2D eigenvalue weighted by molar-refractivity contribution is -0.892. The third-order valence-electron chi connectivity index (χ3n) is 8.19. The summed E-state index contributed by atoms with van der Waals surface area (Å²) in [7, 11) is 6.72. The molecule has 0 unspecified atom stereocenters. The van der Waals surface area contributed by atoms with Gasteiger partial charge in [-0.1, -0.05) is 108 Å². The highest BCUT2D eigenvalue weighted by Gasteiger charge is 2.11. The van der Waals surface area contributed by atoms with Crippen molar-refractivity contribution in [1.82, 2.24) is 0 Å². The van der Waals surface area contributed by atoms with Gasteiger partial charge in [0.1, 0.15) is 6.54 Å². The van der Waals surface area contributed by atoms with E-state index in [1.54, 1.807) is 0 Å². The van der Waals surface area contributed by atoms with E-state index < -0.39 is 0 Å². The van der Waals surface area contributed by atoms with Crippen LogP contribution in [0.1, 0.15) is 102 Å². The summed E-state index contributed by atoms with van der Waals surface area (Å²) in [6.45, 7) is 9.12. The number of hydrogen-bond acceptors (Lipinski definition) is 1. The number of rotatable bonds is 20. The van der Waals surface area contributed by atoms with Crippen molar-refractivity contribution in [3.05, 3.63) is 72.1 Å². The van der Waals surface area contributed by atoms with Crippen LogP contribution in [0.3, 0.4) is 0 Å². The molecule has 0 bridgehead atoms. The third kappa shape index (κ3) is 15.7. The monoisotopic (exact) mass is 715 g/mol. The lowest BCUT2D eigenvalue weighted by Gasteiger charge is -2.25. The van der Waals surface area contributed by atoms with Crippen molar-refractivity contribution < 1.29 is 43.0 Å². The molecule has 0 saturated heterocycles. The second kappa shape index (κ2) is 21.9. The van der Waals surface area contributed by atoms with Gasteiger partial charge in [0.2, 0.25) is 0 Å². The molecule has 0 N–H and O–H groups in total. The van der Waals surface area contributed by atoms with Gasteiger partial charge in [-0.25, -0.2) is 0 Å². The van der Waals surface area contributed by atoms with Gasteiger partial charge in [0.25, 0.3) is 0 Å². The zero-order valence-electron chi connectivity index (χ0n) is 27.8. The maximum Gasteiger partial charge on any atom is 0.196 e. The van der Waals surface area contributed by atoms with Crippen LogP contribution in [0.2, 0.25) is 0 Å². The smallest absolute Gasteiger partial charge is 0.196 e. The fraction of sp³-hybridized carbons (Fsp3) is 0.553. The average Bonchev–Trinajstić information content (AvgIpc) is 2.97. The predicted octanol–water partition coefficient (Wildman–Crippen LogP) is 3.54. The number of likely N-dealkylation sites (N-methyl/N-ethyl adjacent to an activating group) is 1. The Morgan fingerprint density at radius 1 is 0.605 bits per heavy atom. The number of aromatic nitrogens is 1. The minimum atomic E-state index is 0. The molecular formula is C38H59Br2N3. The van der Waals surface area contributed by atoms with Crippen LogP contribution in [0.15, 0.2) is 60.9 Å². The summed E-state index contributed by atoms with van der Waals surface area (Å²) in [6, 6.07) is 18.4. The molecule has 3 nitrogen and oxygen atoms in total. The zero-order chi connectivity index (χ0) is 29.3. The van der Waals surface area contributed by atoms with E-state index in [9.17, 15) is 0 Å². The zero-order valence-corrected chi connectivity index (χ0v) is 31.0. The summed E-state index contributed by atoms with van der Waals surface area (Å²) in [5.74, 6) is 0. The van der Waals surface area contributed by atoms with E-state index >= 15 is 0 Å². The number of benzene rings is 2. The van der Waals surface area contributed by atoms with E-state index in [0.29, 0.717) is 0 Å². The van der Waals surface area contributed by atoms with Crippen molar-refractivity contribution in [2.75, 3.05) is 45.7 Å². The molecule has 1 heterocycles. The molecular weight excluding hydrogens is 658 g/mol. The molecule has 0 atom stereocenters. The Labute approximate surface area is 285 Å². The van der Waals surface area contributed by atoms with E-state index in [4.69, 9.17) is 0 Å². The lowest BCUT2D eigenvalue weighted by Crippen LogP contribution is -3.00. The summed E-state index contributed by atoms with van der Waals surface area (Å²) in [5, 5.41) is 2.66. The van der Waals surface area contributed by atoms with Gasteiger partial charge >= 0.3 is 0 Å². The summed E-state index contributed by atoms with van der Waals surface area (Å²) >= 11 is 0. The number of anilines is 1. The Hall–Kier alpha value is -1.69. The molecule has 2 aromatic carbocycles. The first-order chi connectivity index (χ1) is 19.9. The van der Waals surface area contributed by atoms with E-state index in [2.05, 4.69) is 118 Å². The van der Waals surface area contributed by atoms with Crippen LogP contribution >= 0.6 is 0 Å². The van der Waals surface area contributed by atoms with Gasteiger partial charge in [-0.2, -0.15) is 4.57 Å². The molecule has 0 aliphatic carbocycles. The van der Waals surface area contributed by atoms with E-state index in [-0.39, 0.29) is 34.0 Å². The second-order valence-corrected chi connectivity index (χ2v) is 13.0. The number of fused-ring (bicyclic) bond motifs is 1. The van der Waals surface area contributed by atoms with Crippen LogP contribution in [0.5, 0.6) is 0 Å². The molecule has 0 aliphatic heterocycles. The van der Waals surface area contributed by atoms with Crippen molar-refractivity contribution in [1.29, 1.82) is 0 Å². The Kier molecular flexibility index (Phi) is 20.0. The predicted molar refractivity (Wildman–Crippen MR) is 181 cm³/mol. The van der Waals surface area contributed by atoms with Crippen LogP contribution < -0.4 is 43.4 Å². The van der Waals surface area contributed by atoms with Crippen molar-refractivity contribution in [2.24, 2.45) is 0 Å². The molecule has 43 heavy (non-hydrogen) atoms. The standard InChI is InChI=1S/C38H59N3.2BrH/c1-6-8-10-12-14-16-26-40(27-17-15-13-11-9-7-2)38-23-22-36-32-35(20-21-37(36)33-38)19-18-34-24-28-39(29-25-34)30-31-41(3,4)5;;/h18-25,28-29,32-33H,6-17,26-27,30-31H2,1-5H3;2*1H/q+2;;/p-2. The summed E-state index contributed by atoms with van der Waals surface area (Å²) in [6.07, 6.45) is 25.1. The first kappa shape index (κ1) is 39.3. The normalized spacial score (nSPS) is 11.5. The van der Waals surface area contributed by atoms with Gasteiger partial charge in [-0.3, -0.25) is 0 Å². The summed E-state index contributed by atoms with van der Waals surface area (Å²) < 4.78 is 3.26. The number of quaternary nitrogens is 1. The number of pyridine rings is 1. The summed E-state index contributed by atoms with van der Waals surface area (Å²) in [5.41, 5.74) is 3.88. The van der Waals surface area contributed by atoms with Gasteiger partial charge in [0.15, 0.2) is 18.9 Å². The SMILES string of the molecule is CCCCCCCCN(CCCCCCCC)c1ccc2cc(/C=C/c3cc[n+](CC[N+](C)(C)C)cc3)ccc2c1.[Br-].[Br-]. The Morgan fingerprint density at radius 2 is 1.12 bits per heavy atom. The first-order valence-electron chi connectivity index (χ1n) is 16.6. The first-order valence-corrected chi connectivity index (χ1v) is 16.6. The number of unbranched alkanes of at least 4 members (excludes halogenated alkanes) is 10. The van der Waals surface area contributed by atoms with E-state index in [0.717, 1.165) is 17.6 Å². The largest absolute Gasteiger partial charge is 1.00 e. The average molecular weight is 718 g/mol. The van der Waals surface area contributed by atoms with Crippen LogP contribution in [-0.4, -0.2) is 45.3 Å². The van der Waals surface area contributed by atoms with Crippen LogP contribution in [0.25, 0.3) is 22.9 Å². The molecule has 3 rings (SSSR count). The van der Waals surface area contributed by atoms with Crippen LogP contribution in [-0.2, 0) is 6.54 Å².